The Morgan fingerprint density at radius 2 is 2.21 bits per heavy atom. The van der Waals surface area contributed by atoms with Gasteiger partial charge in [0.1, 0.15) is 5.82 Å². The second-order valence-electron chi connectivity index (χ2n) is 4.17. The lowest BCUT2D eigenvalue weighted by atomic mass is 10.3. The normalized spacial score (nSPS) is 11.1. The van der Waals surface area contributed by atoms with Crippen molar-refractivity contribution in [2.45, 2.75) is 13.3 Å². The van der Waals surface area contributed by atoms with E-state index in [0.29, 0.717) is 5.52 Å². The van der Waals surface area contributed by atoms with Crippen molar-refractivity contribution in [3.8, 4) is 0 Å². The average Bonchev–Trinajstić information content (AvgIpc) is 2.95. The molecule has 0 radical (unpaired) electrons. The summed E-state index contributed by atoms with van der Waals surface area (Å²) in [6.45, 7) is 2.79. The van der Waals surface area contributed by atoms with Crippen LogP contribution in [0, 0.1) is 12.7 Å². The quantitative estimate of drug-likeness (QED) is 0.794. The van der Waals surface area contributed by atoms with Crippen LogP contribution >= 0.6 is 22.7 Å². The molecule has 0 saturated heterocycles. The zero-order chi connectivity index (χ0) is 13.2. The molecule has 0 aliphatic rings. The largest absolute Gasteiger partial charge is 0.361 e. The summed E-state index contributed by atoms with van der Waals surface area (Å²) in [5.74, 6) is -0.248. The number of aromatic nitrogens is 2. The van der Waals surface area contributed by atoms with Crippen LogP contribution < -0.4 is 5.32 Å². The van der Waals surface area contributed by atoms with E-state index >= 15 is 0 Å². The summed E-state index contributed by atoms with van der Waals surface area (Å²) >= 11 is 3.20. The first-order valence-corrected chi connectivity index (χ1v) is 7.61. The molecular weight excluding hydrogens is 281 g/mol. The molecule has 2 aromatic heterocycles. The van der Waals surface area contributed by atoms with Crippen LogP contribution in [0.5, 0.6) is 0 Å². The Hall–Kier alpha value is -1.53. The number of hydrogen-bond donors (Lipinski definition) is 1. The molecule has 0 aliphatic carbocycles. The predicted octanol–water partition coefficient (Wildman–Crippen LogP) is 3.85. The van der Waals surface area contributed by atoms with Gasteiger partial charge in [0, 0.05) is 24.4 Å². The smallest absolute Gasteiger partial charge is 0.183 e. The van der Waals surface area contributed by atoms with E-state index in [1.54, 1.807) is 17.4 Å². The highest BCUT2D eigenvalue weighted by Crippen LogP contribution is 2.26. The van der Waals surface area contributed by atoms with Gasteiger partial charge in [-0.1, -0.05) is 11.3 Å². The van der Waals surface area contributed by atoms with Crippen molar-refractivity contribution in [1.29, 1.82) is 0 Å². The Kier molecular flexibility index (Phi) is 3.44. The van der Waals surface area contributed by atoms with Crippen LogP contribution in [0.1, 0.15) is 10.7 Å². The molecule has 98 valence electrons. The Balaban J connectivity index is 1.65. The molecule has 3 nitrogen and oxygen atoms in total. The second kappa shape index (κ2) is 5.22. The third kappa shape index (κ3) is 2.90. The number of thiazole rings is 2. The summed E-state index contributed by atoms with van der Waals surface area (Å²) in [4.78, 5) is 8.77. The summed E-state index contributed by atoms with van der Waals surface area (Å²) in [7, 11) is 0. The molecule has 0 atom stereocenters. The van der Waals surface area contributed by atoms with Crippen molar-refractivity contribution < 1.29 is 4.39 Å². The minimum Gasteiger partial charge on any atom is -0.361 e. The summed E-state index contributed by atoms with van der Waals surface area (Å²) in [5.41, 5.74) is 1.80. The zero-order valence-electron chi connectivity index (χ0n) is 10.3. The summed E-state index contributed by atoms with van der Waals surface area (Å²) in [6.07, 6.45) is 0.870. The SMILES string of the molecule is Cc1nc(CCNc2nc3cc(F)ccc3s2)cs1. The monoisotopic (exact) mass is 293 g/mol. The molecule has 6 heteroatoms. The highest BCUT2D eigenvalue weighted by Gasteiger charge is 2.05. The van der Waals surface area contributed by atoms with Gasteiger partial charge in [-0.05, 0) is 19.1 Å². The number of rotatable bonds is 4. The molecule has 0 fully saturated rings. The first kappa shape index (κ1) is 12.5. The summed E-state index contributed by atoms with van der Waals surface area (Å²) in [6, 6.07) is 4.68. The lowest BCUT2D eigenvalue weighted by Crippen LogP contribution is -2.04. The number of nitrogens with zero attached hydrogens (tertiary/aromatic N) is 2. The van der Waals surface area contributed by atoms with Crippen molar-refractivity contribution >= 4 is 38.0 Å². The number of benzene rings is 1. The van der Waals surface area contributed by atoms with Crippen LogP contribution in [0.2, 0.25) is 0 Å². The third-order valence-electron chi connectivity index (χ3n) is 2.67. The number of anilines is 1. The number of fused-ring (bicyclic) bond motifs is 1. The fraction of sp³-hybridized carbons (Fsp3) is 0.231. The molecule has 1 aromatic carbocycles. The fourth-order valence-electron chi connectivity index (χ4n) is 1.80. The van der Waals surface area contributed by atoms with Crippen LogP contribution in [0.4, 0.5) is 9.52 Å². The first-order valence-electron chi connectivity index (χ1n) is 5.92. The van der Waals surface area contributed by atoms with Crippen molar-refractivity contribution in [3.63, 3.8) is 0 Å². The fourth-order valence-corrected chi connectivity index (χ4v) is 3.32. The second-order valence-corrected chi connectivity index (χ2v) is 6.26. The van der Waals surface area contributed by atoms with Crippen LogP contribution in [0.25, 0.3) is 10.2 Å². The van der Waals surface area contributed by atoms with E-state index in [4.69, 9.17) is 0 Å². The van der Waals surface area contributed by atoms with E-state index in [1.165, 1.54) is 23.5 Å². The maximum atomic E-state index is 13.1. The van der Waals surface area contributed by atoms with Crippen LogP contribution in [0.15, 0.2) is 23.6 Å². The van der Waals surface area contributed by atoms with Gasteiger partial charge in [0.15, 0.2) is 5.13 Å². The predicted molar refractivity (Wildman–Crippen MR) is 78.6 cm³/mol. The molecule has 0 bridgehead atoms. The van der Waals surface area contributed by atoms with Crippen molar-refractivity contribution in [2.24, 2.45) is 0 Å². The van der Waals surface area contributed by atoms with E-state index < -0.39 is 0 Å². The molecule has 2 heterocycles. The molecule has 19 heavy (non-hydrogen) atoms. The van der Waals surface area contributed by atoms with Crippen molar-refractivity contribution in [2.75, 3.05) is 11.9 Å². The lowest BCUT2D eigenvalue weighted by Gasteiger charge is -1.99. The van der Waals surface area contributed by atoms with Crippen LogP contribution in [0.3, 0.4) is 0 Å². The Bertz CT molecular complexity index is 705. The van der Waals surface area contributed by atoms with Gasteiger partial charge in [0.2, 0.25) is 0 Å². The molecule has 0 amide bonds. The van der Waals surface area contributed by atoms with E-state index in [-0.39, 0.29) is 5.82 Å². The van der Waals surface area contributed by atoms with Gasteiger partial charge in [0.05, 0.1) is 20.9 Å². The van der Waals surface area contributed by atoms with Crippen LogP contribution in [-0.4, -0.2) is 16.5 Å². The van der Waals surface area contributed by atoms with E-state index in [0.717, 1.165) is 33.5 Å². The average molecular weight is 293 g/mol. The number of hydrogen-bond acceptors (Lipinski definition) is 5. The highest BCUT2D eigenvalue weighted by molar-refractivity contribution is 7.22. The van der Waals surface area contributed by atoms with Gasteiger partial charge in [-0.3, -0.25) is 0 Å². The molecule has 0 saturated carbocycles. The van der Waals surface area contributed by atoms with E-state index in [9.17, 15) is 4.39 Å². The summed E-state index contributed by atoms with van der Waals surface area (Å²) in [5, 5.41) is 7.25. The van der Waals surface area contributed by atoms with Crippen molar-refractivity contribution in [3.05, 3.63) is 40.1 Å². The number of halogens is 1. The molecule has 0 unspecified atom stereocenters. The maximum Gasteiger partial charge on any atom is 0.183 e. The third-order valence-corrected chi connectivity index (χ3v) is 4.49. The maximum absolute atomic E-state index is 13.1. The molecular formula is C13H12FN3S2. The Morgan fingerprint density at radius 3 is 3.00 bits per heavy atom. The zero-order valence-corrected chi connectivity index (χ0v) is 11.9. The lowest BCUT2D eigenvalue weighted by molar-refractivity contribution is 0.629. The van der Waals surface area contributed by atoms with Gasteiger partial charge in [-0.15, -0.1) is 11.3 Å². The minimum absolute atomic E-state index is 0.248. The molecule has 3 aromatic rings. The van der Waals surface area contributed by atoms with Crippen LogP contribution in [-0.2, 0) is 6.42 Å². The number of aryl methyl sites for hydroxylation is 1. The Labute approximate surface area is 118 Å². The standard InChI is InChI=1S/C13H12FN3S2/c1-8-16-10(7-18-8)4-5-15-13-17-11-6-9(14)2-3-12(11)19-13/h2-3,6-7H,4-5H2,1H3,(H,15,17). The molecule has 0 spiro atoms. The molecule has 0 aliphatic heterocycles. The highest BCUT2D eigenvalue weighted by atomic mass is 32.1. The van der Waals surface area contributed by atoms with Gasteiger partial charge in [-0.2, -0.15) is 0 Å². The topological polar surface area (TPSA) is 37.8 Å². The van der Waals surface area contributed by atoms with Gasteiger partial charge in [-0.25, -0.2) is 14.4 Å². The van der Waals surface area contributed by atoms with Gasteiger partial charge < -0.3 is 5.32 Å². The molecule has 3 rings (SSSR count). The molecule has 1 N–H and O–H groups in total. The van der Waals surface area contributed by atoms with E-state index in [1.807, 2.05) is 6.92 Å². The summed E-state index contributed by atoms with van der Waals surface area (Å²) < 4.78 is 14.1. The Morgan fingerprint density at radius 1 is 1.32 bits per heavy atom. The first-order chi connectivity index (χ1) is 9.20. The minimum atomic E-state index is -0.248. The van der Waals surface area contributed by atoms with Crippen molar-refractivity contribution in [1.82, 2.24) is 9.97 Å². The van der Waals surface area contributed by atoms with Gasteiger partial charge >= 0.3 is 0 Å². The van der Waals surface area contributed by atoms with Gasteiger partial charge in [0.25, 0.3) is 0 Å². The van der Waals surface area contributed by atoms with E-state index in [2.05, 4.69) is 20.7 Å². The number of nitrogens with one attached hydrogen (secondary N) is 1.